The van der Waals surface area contributed by atoms with Gasteiger partial charge in [-0.05, 0) is 29.6 Å². The van der Waals surface area contributed by atoms with E-state index in [0.717, 1.165) is 16.5 Å². The molecule has 0 unspecified atom stereocenters. The second-order valence-electron chi connectivity index (χ2n) is 5.42. The predicted octanol–water partition coefficient (Wildman–Crippen LogP) is 5.20. The van der Waals surface area contributed by atoms with Crippen molar-refractivity contribution in [2.24, 2.45) is 0 Å². The summed E-state index contributed by atoms with van der Waals surface area (Å²) in [5, 5.41) is 1.86. The Labute approximate surface area is 146 Å². The van der Waals surface area contributed by atoms with Gasteiger partial charge in [-0.2, -0.15) is 13.2 Å². The zero-order valence-corrected chi connectivity index (χ0v) is 13.8. The first kappa shape index (κ1) is 17.3. The molecular weight excluding hydrogens is 351 g/mol. The maximum Gasteiger partial charge on any atom is 0.417 e. The van der Waals surface area contributed by atoms with Crippen LogP contribution in [0.3, 0.4) is 0 Å². The average Bonchev–Trinajstić information content (AvgIpc) is 3.26. The van der Waals surface area contributed by atoms with Gasteiger partial charge in [0.15, 0.2) is 0 Å². The van der Waals surface area contributed by atoms with Crippen molar-refractivity contribution >= 4 is 17.2 Å². The number of hydrogen-bond donors (Lipinski definition) is 0. The lowest BCUT2D eigenvalue weighted by molar-refractivity contribution is -0.138. The Morgan fingerprint density at radius 1 is 1.08 bits per heavy atom. The van der Waals surface area contributed by atoms with Gasteiger partial charge in [0.05, 0.1) is 30.2 Å². The van der Waals surface area contributed by atoms with Crippen LogP contribution in [-0.2, 0) is 19.3 Å². The molecule has 0 aliphatic carbocycles. The molecule has 3 aromatic rings. The Kier molecular flexibility index (Phi) is 4.94. The van der Waals surface area contributed by atoms with E-state index in [-0.39, 0.29) is 18.7 Å². The highest BCUT2D eigenvalue weighted by Crippen LogP contribution is 2.33. The number of amides is 1. The molecule has 0 radical (unpaired) electrons. The molecule has 1 amide bonds. The van der Waals surface area contributed by atoms with Crippen molar-refractivity contribution in [3.8, 4) is 0 Å². The number of carbonyl (C=O) groups excluding carboxylic acids is 1. The van der Waals surface area contributed by atoms with Gasteiger partial charge in [-0.15, -0.1) is 11.3 Å². The van der Waals surface area contributed by atoms with Crippen molar-refractivity contribution in [1.29, 1.82) is 0 Å². The SMILES string of the molecule is O=C(c1ccccc1C(F)(F)F)N(Cc1ccoc1)Cc1cccs1. The van der Waals surface area contributed by atoms with E-state index < -0.39 is 17.6 Å². The smallest absolute Gasteiger partial charge is 0.417 e. The molecule has 0 saturated heterocycles. The third-order valence-corrected chi connectivity index (χ3v) is 4.49. The van der Waals surface area contributed by atoms with E-state index in [1.54, 1.807) is 6.07 Å². The Morgan fingerprint density at radius 3 is 2.52 bits per heavy atom. The van der Waals surface area contributed by atoms with Crippen molar-refractivity contribution in [1.82, 2.24) is 4.90 Å². The first-order chi connectivity index (χ1) is 11.9. The van der Waals surface area contributed by atoms with Gasteiger partial charge in [0.1, 0.15) is 0 Å². The normalized spacial score (nSPS) is 11.5. The van der Waals surface area contributed by atoms with Gasteiger partial charge in [-0.3, -0.25) is 4.79 Å². The van der Waals surface area contributed by atoms with E-state index in [9.17, 15) is 18.0 Å². The lowest BCUT2D eigenvalue weighted by atomic mass is 10.1. The third kappa shape index (κ3) is 4.11. The van der Waals surface area contributed by atoms with E-state index in [0.29, 0.717) is 0 Å². The van der Waals surface area contributed by atoms with Crippen LogP contribution in [0, 0.1) is 0 Å². The molecule has 130 valence electrons. The van der Waals surface area contributed by atoms with Crippen molar-refractivity contribution < 1.29 is 22.4 Å². The van der Waals surface area contributed by atoms with Gasteiger partial charge in [0, 0.05) is 17.0 Å². The minimum Gasteiger partial charge on any atom is -0.472 e. The van der Waals surface area contributed by atoms with Crippen LogP contribution in [0.25, 0.3) is 0 Å². The molecule has 0 bridgehead atoms. The zero-order valence-electron chi connectivity index (χ0n) is 13.0. The molecule has 3 nitrogen and oxygen atoms in total. The summed E-state index contributed by atoms with van der Waals surface area (Å²) in [5.41, 5.74) is -0.562. The summed E-state index contributed by atoms with van der Waals surface area (Å²) in [6.07, 6.45) is -1.65. The molecule has 0 aliphatic heterocycles. The van der Waals surface area contributed by atoms with Crippen LogP contribution in [0.2, 0.25) is 0 Å². The molecule has 0 fully saturated rings. The Hall–Kier alpha value is -2.54. The van der Waals surface area contributed by atoms with Gasteiger partial charge in [0.2, 0.25) is 0 Å². The van der Waals surface area contributed by atoms with E-state index in [2.05, 4.69) is 0 Å². The maximum absolute atomic E-state index is 13.2. The van der Waals surface area contributed by atoms with Crippen molar-refractivity contribution in [2.45, 2.75) is 19.3 Å². The summed E-state index contributed by atoms with van der Waals surface area (Å²) in [7, 11) is 0. The monoisotopic (exact) mass is 365 g/mol. The first-order valence-electron chi connectivity index (χ1n) is 7.44. The lowest BCUT2D eigenvalue weighted by Crippen LogP contribution is -2.31. The summed E-state index contributed by atoms with van der Waals surface area (Å²) >= 11 is 1.45. The highest BCUT2D eigenvalue weighted by Gasteiger charge is 2.36. The molecule has 0 N–H and O–H groups in total. The molecule has 0 atom stereocenters. The number of alkyl halides is 3. The molecular formula is C18H14F3NO2S. The first-order valence-corrected chi connectivity index (χ1v) is 8.32. The van der Waals surface area contributed by atoms with Gasteiger partial charge >= 0.3 is 6.18 Å². The molecule has 1 aromatic carbocycles. The highest BCUT2D eigenvalue weighted by molar-refractivity contribution is 7.09. The van der Waals surface area contributed by atoms with Gasteiger partial charge in [-0.25, -0.2) is 0 Å². The lowest BCUT2D eigenvalue weighted by Gasteiger charge is -2.23. The average molecular weight is 365 g/mol. The molecule has 7 heteroatoms. The number of nitrogens with zero attached hydrogens (tertiary/aromatic N) is 1. The summed E-state index contributed by atoms with van der Waals surface area (Å²) in [6, 6.07) is 10.2. The van der Waals surface area contributed by atoms with Crippen LogP contribution < -0.4 is 0 Å². The number of carbonyl (C=O) groups is 1. The summed E-state index contributed by atoms with van der Waals surface area (Å²) in [6.45, 7) is 0.396. The third-order valence-electron chi connectivity index (χ3n) is 3.63. The number of furan rings is 1. The Bertz CT molecular complexity index is 790. The second-order valence-corrected chi connectivity index (χ2v) is 6.45. The second kappa shape index (κ2) is 7.14. The topological polar surface area (TPSA) is 33.5 Å². The molecule has 25 heavy (non-hydrogen) atoms. The van der Waals surface area contributed by atoms with Gasteiger partial charge in [0.25, 0.3) is 5.91 Å². The van der Waals surface area contributed by atoms with E-state index in [1.807, 2.05) is 17.5 Å². The number of hydrogen-bond acceptors (Lipinski definition) is 3. The zero-order chi connectivity index (χ0) is 17.9. The van der Waals surface area contributed by atoms with Gasteiger partial charge in [-0.1, -0.05) is 18.2 Å². The number of rotatable bonds is 5. The van der Waals surface area contributed by atoms with Crippen LogP contribution in [-0.4, -0.2) is 10.8 Å². The molecule has 0 aliphatic rings. The van der Waals surface area contributed by atoms with Crippen LogP contribution in [0.15, 0.2) is 64.8 Å². The van der Waals surface area contributed by atoms with E-state index in [1.165, 1.54) is 47.0 Å². The van der Waals surface area contributed by atoms with Crippen LogP contribution >= 0.6 is 11.3 Å². The van der Waals surface area contributed by atoms with Crippen molar-refractivity contribution in [2.75, 3.05) is 0 Å². The minimum absolute atomic E-state index is 0.166. The van der Waals surface area contributed by atoms with E-state index in [4.69, 9.17) is 4.42 Å². The quantitative estimate of drug-likeness (QED) is 0.622. The Balaban J connectivity index is 1.94. The number of thiophene rings is 1. The molecule has 0 spiro atoms. The number of benzene rings is 1. The molecule has 2 aromatic heterocycles. The predicted molar refractivity (Wildman–Crippen MR) is 88.0 cm³/mol. The van der Waals surface area contributed by atoms with Crippen molar-refractivity contribution in [3.63, 3.8) is 0 Å². The molecule has 3 rings (SSSR count). The van der Waals surface area contributed by atoms with Crippen LogP contribution in [0.1, 0.15) is 26.4 Å². The van der Waals surface area contributed by atoms with Crippen LogP contribution in [0.5, 0.6) is 0 Å². The van der Waals surface area contributed by atoms with Crippen molar-refractivity contribution in [3.05, 3.63) is 81.9 Å². The Morgan fingerprint density at radius 2 is 1.88 bits per heavy atom. The largest absolute Gasteiger partial charge is 0.472 e. The molecule has 0 saturated carbocycles. The van der Waals surface area contributed by atoms with E-state index >= 15 is 0 Å². The highest BCUT2D eigenvalue weighted by atomic mass is 32.1. The summed E-state index contributed by atoms with van der Waals surface area (Å²) in [5.74, 6) is -0.664. The van der Waals surface area contributed by atoms with Crippen LogP contribution in [0.4, 0.5) is 13.2 Å². The fourth-order valence-electron chi connectivity index (χ4n) is 2.48. The van der Waals surface area contributed by atoms with Gasteiger partial charge < -0.3 is 9.32 Å². The standard InChI is InChI=1S/C18H14F3NO2S/c19-18(20,21)16-6-2-1-5-15(16)17(23)22(10-13-7-8-24-12-13)11-14-4-3-9-25-14/h1-9,12H,10-11H2. The fraction of sp³-hybridized carbons (Fsp3) is 0.167. The minimum atomic E-state index is -4.59. The number of halogens is 3. The fourth-order valence-corrected chi connectivity index (χ4v) is 3.20. The summed E-state index contributed by atoms with van der Waals surface area (Å²) < 4.78 is 44.7. The molecule has 2 heterocycles. The summed E-state index contributed by atoms with van der Waals surface area (Å²) in [4.78, 5) is 15.1. The maximum atomic E-state index is 13.2.